The molecule has 3 rings (SSSR count). The molecule has 0 aliphatic heterocycles. The minimum Gasteiger partial charge on any atom is -0.495 e. The van der Waals surface area contributed by atoms with Gasteiger partial charge in [-0.3, -0.25) is 4.79 Å². The van der Waals surface area contributed by atoms with Crippen LogP contribution in [0.4, 0.5) is 5.69 Å². The van der Waals surface area contributed by atoms with Crippen LogP contribution in [0.2, 0.25) is 0 Å². The fraction of sp³-hybridized carbons (Fsp3) is 0.211. The SMILES string of the molecule is COc1ccc(-c2nnc(C)o2)cc1NC(=O)c1cccc(C)c1C. The molecular formula is C19H19N3O3. The molecule has 0 atom stereocenters. The largest absolute Gasteiger partial charge is 0.495 e. The van der Waals surface area contributed by atoms with Crippen molar-refractivity contribution in [1.29, 1.82) is 0 Å². The van der Waals surface area contributed by atoms with Gasteiger partial charge in [0.05, 0.1) is 12.8 Å². The average molecular weight is 337 g/mol. The van der Waals surface area contributed by atoms with Gasteiger partial charge >= 0.3 is 0 Å². The molecular weight excluding hydrogens is 318 g/mol. The van der Waals surface area contributed by atoms with E-state index < -0.39 is 0 Å². The van der Waals surface area contributed by atoms with Gasteiger partial charge in [0.25, 0.3) is 5.91 Å². The molecule has 6 heteroatoms. The maximum Gasteiger partial charge on any atom is 0.256 e. The number of rotatable bonds is 4. The van der Waals surface area contributed by atoms with Gasteiger partial charge in [-0.25, -0.2) is 0 Å². The molecule has 1 aromatic heterocycles. The summed E-state index contributed by atoms with van der Waals surface area (Å²) in [6.45, 7) is 5.63. The van der Waals surface area contributed by atoms with Crippen LogP contribution in [-0.2, 0) is 0 Å². The summed E-state index contributed by atoms with van der Waals surface area (Å²) >= 11 is 0. The van der Waals surface area contributed by atoms with Crippen LogP contribution in [0, 0.1) is 20.8 Å². The third-order valence-electron chi connectivity index (χ3n) is 4.07. The molecule has 6 nitrogen and oxygen atoms in total. The quantitative estimate of drug-likeness (QED) is 0.780. The van der Waals surface area contributed by atoms with Gasteiger partial charge in [-0.05, 0) is 49.2 Å². The van der Waals surface area contributed by atoms with E-state index in [0.717, 1.165) is 11.1 Å². The standard InChI is InChI=1S/C19H19N3O3/c1-11-6-5-7-15(12(11)2)18(23)20-16-10-14(8-9-17(16)24-4)19-22-21-13(3)25-19/h5-10H,1-4H3,(H,20,23). The number of ether oxygens (including phenoxy) is 1. The van der Waals surface area contributed by atoms with Crippen LogP contribution in [0.5, 0.6) is 5.75 Å². The summed E-state index contributed by atoms with van der Waals surface area (Å²) in [4.78, 5) is 12.7. The van der Waals surface area contributed by atoms with Crippen molar-refractivity contribution in [2.24, 2.45) is 0 Å². The number of aromatic nitrogens is 2. The van der Waals surface area contributed by atoms with Crippen LogP contribution < -0.4 is 10.1 Å². The number of methoxy groups -OCH3 is 1. The van der Waals surface area contributed by atoms with E-state index in [1.165, 1.54) is 0 Å². The van der Waals surface area contributed by atoms with E-state index in [1.54, 1.807) is 38.3 Å². The average Bonchev–Trinajstić information content (AvgIpc) is 3.03. The first kappa shape index (κ1) is 16.7. The van der Waals surface area contributed by atoms with E-state index in [0.29, 0.717) is 34.3 Å². The summed E-state index contributed by atoms with van der Waals surface area (Å²) in [7, 11) is 1.55. The summed E-state index contributed by atoms with van der Waals surface area (Å²) in [6, 6.07) is 11.0. The van der Waals surface area contributed by atoms with Gasteiger partial charge in [-0.15, -0.1) is 10.2 Å². The van der Waals surface area contributed by atoms with Crippen LogP contribution in [0.3, 0.4) is 0 Å². The number of aryl methyl sites for hydroxylation is 2. The summed E-state index contributed by atoms with van der Waals surface area (Å²) in [5.74, 6) is 1.23. The lowest BCUT2D eigenvalue weighted by molar-refractivity contribution is 0.102. The zero-order chi connectivity index (χ0) is 18.0. The van der Waals surface area contributed by atoms with E-state index in [2.05, 4.69) is 15.5 Å². The number of anilines is 1. The highest BCUT2D eigenvalue weighted by atomic mass is 16.5. The van der Waals surface area contributed by atoms with Crippen LogP contribution >= 0.6 is 0 Å². The third-order valence-corrected chi connectivity index (χ3v) is 4.07. The molecule has 1 amide bonds. The van der Waals surface area contributed by atoms with Crippen molar-refractivity contribution in [2.45, 2.75) is 20.8 Å². The molecule has 0 aliphatic rings. The first-order valence-electron chi connectivity index (χ1n) is 7.85. The van der Waals surface area contributed by atoms with Gasteiger partial charge in [-0.1, -0.05) is 12.1 Å². The summed E-state index contributed by atoms with van der Waals surface area (Å²) in [5, 5.41) is 10.7. The lowest BCUT2D eigenvalue weighted by Crippen LogP contribution is -2.14. The monoisotopic (exact) mass is 337 g/mol. The molecule has 0 saturated heterocycles. The molecule has 1 N–H and O–H groups in total. The number of carbonyl (C=O) groups excluding carboxylic acids is 1. The van der Waals surface area contributed by atoms with Crippen LogP contribution in [0.25, 0.3) is 11.5 Å². The first-order valence-corrected chi connectivity index (χ1v) is 7.85. The van der Waals surface area contributed by atoms with E-state index in [-0.39, 0.29) is 5.91 Å². The number of amides is 1. The molecule has 3 aromatic rings. The highest BCUT2D eigenvalue weighted by Crippen LogP contribution is 2.30. The summed E-state index contributed by atoms with van der Waals surface area (Å²) < 4.78 is 10.8. The second-order valence-electron chi connectivity index (χ2n) is 5.74. The van der Waals surface area contributed by atoms with Crippen molar-refractivity contribution in [3.63, 3.8) is 0 Å². The third kappa shape index (κ3) is 3.38. The Kier molecular flexibility index (Phi) is 4.52. The van der Waals surface area contributed by atoms with Gasteiger partial charge in [0.2, 0.25) is 11.8 Å². The highest BCUT2D eigenvalue weighted by Gasteiger charge is 2.15. The first-order chi connectivity index (χ1) is 12.0. The molecule has 0 spiro atoms. The Labute approximate surface area is 145 Å². The van der Waals surface area contributed by atoms with E-state index >= 15 is 0 Å². The van der Waals surface area contributed by atoms with Gasteiger partial charge in [-0.2, -0.15) is 0 Å². The second-order valence-corrected chi connectivity index (χ2v) is 5.74. The van der Waals surface area contributed by atoms with Gasteiger partial charge < -0.3 is 14.5 Å². The lowest BCUT2D eigenvalue weighted by Gasteiger charge is -2.13. The van der Waals surface area contributed by atoms with E-state index in [9.17, 15) is 4.79 Å². The predicted molar refractivity (Wildman–Crippen MR) is 94.9 cm³/mol. The minimum atomic E-state index is -0.196. The fourth-order valence-electron chi connectivity index (χ4n) is 2.54. The van der Waals surface area contributed by atoms with E-state index in [1.807, 2.05) is 26.0 Å². The summed E-state index contributed by atoms with van der Waals surface area (Å²) in [5.41, 5.74) is 3.89. The molecule has 25 heavy (non-hydrogen) atoms. The Morgan fingerprint density at radius 1 is 1.12 bits per heavy atom. The van der Waals surface area contributed by atoms with Crippen LogP contribution in [0.15, 0.2) is 40.8 Å². The Bertz CT molecular complexity index is 931. The zero-order valence-corrected chi connectivity index (χ0v) is 14.6. The number of benzene rings is 2. The molecule has 1 heterocycles. The predicted octanol–water partition coefficient (Wildman–Crippen LogP) is 3.92. The van der Waals surface area contributed by atoms with Crippen molar-refractivity contribution in [3.05, 3.63) is 59.0 Å². The topological polar surface area (TPSA) is 77.2 Å². The van der Waals surface area contributed by atoms with Crippen molar-refractivity contribution < 1.29 is 13.9 Å². The minimum absolute atomic E-state index is 0.196. The van der Waals surface area contributed by atoms with Crippen LogP contribution in [-0.4, -0.2) is 23.2 Å². The highest BCUT2D eigenvalue weighted by molar-refractivity contribution is 6.06. The van der Waals surface area contributed by atoms with Gasteiger partial charge in [0, 0.05) is 18.1 Å². The Balaban J connectivity index is 1.95. The number of nitrogens with zero attached hydrogens (tertiary/aromatic N) is 2. The number of nitrogens with one attached hydrogen (secondary N) is 1. The van der Waals surface area contributed by atoms with Crippen molar-refractivity contribution in [1.82, 2.24) is 10.2 Å². The number of hydrogen-bond acceptors (Lipinski definition) is 5. The zero-order valence-electron chi connectivity index (χ0n) is 14.6. The normalized spacial score (nSPS) is 10.6. The van der Waals surface area contributed by atoms with Crippen molar-refractivity contribution >= 4 is 11.6 Å². The maximum atomic E-state index is 12.7. The smallest absolute Gasteiger partial charge is 0.256 e. The Morgan fingerprint density at radius 2 is 1.92 bits per heavy atom. The Hall–Kier alpha value is -3.15. The fourth-order valence-corrected chi connectivity index (χ4v) is 2.54. The lowest BCUT2D eigenvalue weighted by atomic mass is 10.0. The second kappa shape index (κ2) is 6.76. The number of hydrogen-bond donors (Lipinski definition) is 1. The molecule has 2 aromatic carbocycles. The molecule has 0 radical (unpaired) electrons. The Morgan fingerprint density at radius 3 is 2.60 bits per heavy atom. The van der Waals surface area contributed by atoms with Crippen molar-refractivity contribution in [3.8, 4) is 17.2 Å². The molecule has 0 saturated carbocycles. The van der Waals surface area contributed by atoms with Gasteiger partial charge in [0.15, 0.2) is 0 Å². The number of carbonyl (C=O) groups is 1. The molecule has 0 bridgehead atoms. The molecule has 0 unspecified atom stereocenters. The molecule has 0 aliphatic carbocycles. The molecule has 128 valence electrons. The van der Waals surface area contributed by atoms with Gasteiger partial charge in [0.1, 0.15) is 5.75 Å². The summed E-state index contributed by atoms with van der Waals surface area (Å²) in [6.07, 6.45) is 0. The molecule has 0 fully saturated rings. The van der Waals surface area contributed by atoms with Crippen LogP contribution in [0.1, 0.15) is 27.4 Å². The van der Waals surface area contributed by atoms with E-state index in [4.69, 9.17) is 9.15 Å². The maximum absolute atomic E-state index is 12.7. The van der Waals surface area contributed by atoms with Crippen molar-refractivity contribution in [2.75, 3.05) is 12.4 Å².